The van der Waals surface area contributed by atoms with Crippen LogP contribution in [0.4, 0.5) is 17.1 Å². The van der Waals surface area contributed by atoms with Gasteiger partial charge in [-0.2, -0.15) is 0 Å². The molecule has 24 heavy (non-hydrogen) atoms. The predicted molar refractivity (Wildman–Crippen MR) is 86.4 cm³/mol. The smallest absolute Gasteiger partial charge is 0.320 e. The van der Waals surface area contributed by atoms with E-state index >= 15 is 0 Å². The summed E-state index contributed by atoms with van der Waals surface area (Å²) in [6, 6.07) is 6.87. The van der Waals surface area contributed by atoms with E-state index in [0.29, 0.717) is 16.6 Å². The standard InChI is InChI=1S/C12H8BrN3O7S/c13-7-1-3-9(4-2-7)24(22,23)14-8-5-10(15(18)19)12(17)11(6-8)16(20)21/h1-6,14,17H. The zero-order chi connectivity index (χ0) is 18.1. The molecule has 0 aliphatic rings. The van der Waals surface area contributed by atoms with Crippen LogP contribution in [-0.4, -0.2) is 23.4 Å². The Bertz CT molecular complexity index is 893. The number of rotatable bonds is 5. The van der Waals surface area contributed by atoms with Gasteiger partial charge in [0.1, 0.15) is 0 Å². The Kier molecular flexibility index (Phi) is 4.71. The second kappa shape index (κ2) is 6.41. The summed E-state index contributed by atoms with van der Waals surface area (Å²) < 4.78 is 27.1. The highest BCUT2D eigenvalue weighted by atomic mass is 79.9. The van der Waals surface area contributed by atoms with Gasteiger partial charge in [0, 0.05) is 16.6 Å². The largest absolute Gasteiger partial charge is 0.497 e. The Morgan fingerprint density at radius 2 is 1.46 bits per heavy atom. The SMILES string of the molecule is O=[N+]([O-])c1cc(NS(=O)(=O)c2ccc(Br)cc2)cc([N+](=O)[O-])c1O. The van der Waals surface area contributed by atoms with Crippen LogP contribution in [0, 0.1) is 20.2 Å². The van der Waals surface area contributed by atoms with Crippen LogP contribution in [0.1, 0.15) is 0 Å². The van der Waals surface area contributed by atoms with Gasteiger partial charge in [0.25, 0.3) is 15.8 Å². The maximum Gasteiger partial charge on any atom is 0.320 e. The van der Waals surface area contributed by atoms with Crippen LogP contribution in [0.3, 0.4) is 0 Å². The number of benzene rings is 2. The van der Waals surface area contributed by atoms with Crippen molar-refractivity contribution >= 4 is 43.0 Å². The van der Waals surface area contributed by atoms with Gasteiger partial charge in [0.15, 0.2) is 0 Å². The Balaban J connectivity index is 2.51. The predicted octanol–water partition coefficient (Wildman–Crippen LogP) is 2.77. The summed E-state index contributed by atoms with van der Waals surface area (Å²) in [6.07, 6.45) is 0. The Morgan fingerprint density at radius 1 is 1.00 bits per heavy atom. The monoisotopic (exact) mass is 417 g/mol. The topological polar surface area (TPSA) is 153 Å². The minimum atomic E-state index is -4.13. The lowest BCUT2D eigenvalue weighted by atomic mass is 10.2. The molecule has 0 aliphatic carbocycles. The molecule has 2 rings (SSSR count). The number of anilines is 1. The number of sulfonamides is 1. The number of aromatic hydroxyl groups is 1. The van der Waals surface area contributed by atoms with Gasteiger partial charge in [-0.1, -0.05) is 15.9 Å². The first kappa shape index (κ1) is 17.6. The van der Waals surface area contributed by atoms with Crippen molar-refractivity contribution in [3.63, 3.8) is 0 Å². The average molecular weight is 418 g/mol. The number of phenols is 1. The average Bonchev–Trinajstić information content (AvgIpc) is 2.48. The molecule has 0 heterocycles. The maximum atomic E-state index is 12.2. The molecule has 0 atom stereocenters. The molecular weight excluding hydrogens is 410 g/mol. The Labute approximate surface area is 143 Å². The summed E-state index contributed by atoms with van der Waals surface area (Å²) in [5.41, 5.74) is -2.40. The van der Waals surface area contributed by atoms with Crippen LogP contribution < -0.4 is 4.72 Å². The molecule has 126 valence electrons. The van der Waals surface area contributed by atoms with Crippen molar-refractivity contribution in [1.82, 2.24) is 0 Å². The normalized spacial score (nSPS) is 11.0. The lowest BCUT2D eigenvalue weighted by Gasteiger charge is -2.09. The molecule has 0 unspecified atom stereocenters. The molecule has 0 amide bonds. The van der Waals surface area contributed by atoms with Gasteiger partial charge in [-0.25, -0.2) is 8.42 Å². The molecule has 0 bridgehead atoms. The molecule has 10 nitrogen and oxygen atoms in total. The number of phenolic OH excluding ortho intramolecular Hbond substituents is 1. The fourth-order valence-corrected chi connectivity index (χ4v) is 3.07. The van der Waals surface area contributed by atoms with Crippen LogP contribution >= 0.6 is 15.9 Å². The highest BCUT2D eigenvalue weighted by molar-refractivity contribution is 9.10. The number of nitrogens with zero attached hydrogens (tertiary/aromatic N) is 2. The fraction of sp³-hybridized carbons (Fsp3) is 0. The van der Waals surface area contributed by atoms with Crippen molar-refractivity contribution in [2.24, 2.45) is 0 Å². The Hall–Kier alpha value is -2.73. The Morgan fingerprint density at radius 3 is 1.88 bits per heavy atom. The van der Waals surface area contributed by atoms with Crippen LogP contribution in [0.15, 0.2) is 45.8 Å². The first-order valence-electron chi connectivity index (χ1n) is 6.06. The summed E-state index contributed by atoms with van der Waals surface area (Å²) in [4.78, 5) is 19.5. The van der Waals surface area contributed by atoms with E-state index in [-0.39, 0.29) is 4.90 Å². The van der Waals surface area contributed by atoms with E-state index < -0.39 is 42.7 Å². The molecule has 2 aromatic rings. The lowest BCUT2D eigenvalue weighted by molar-refractivity contribution is -0.395. The second-order valence-corrected chi connectivity index (χ2v) is 7.03. The van der Waals surface area contributed by atoms with Crippen molar-refractivity contribution in [3.8, 4) is 5.75 Å². The highest BCUT2D eigenvalue weighted by Crippen LogP contribution is 2.39. The molecule has 0 saturated carbocycles. The summed E-state index contributed by atoms with van der Waals surface area (Å²) in [6.45, 7) is 0. The van der Waals surface area contributed by atoms with Gasteiger partial charge in [-0.15, -0.1) is 0 Å². The van der Waals surface area contributed by atoms with Gasteiger partial charge < -0.3 is 5.11 Å². The quantitative estimate of drug-likeness (QED) is 0.430. The van der Waals surface area contributed by atoms with Crippen LogP contribution in [0.25, 0.3) is 0 Å². The highest BCUT2D eigenvalue weighted by Gasteiger charge is 2.27. The van der Waals surface area contributed by atoms with Crippen molar-refractivity contribution in [3.05, 3.63) is 61.1 Å². The van der Waals surface area contributed by atoms with Crippen LogP contribution in [0.5, 0.6) is 5.75 Å². The second-order valence-electron chi connectivity index (χ2n) is 4.44. The van der Waals surface area contributed by atoms with E-state index in [9.17, 15) is 33.8 Å². The molecule has 2 aromatic carbocycles. The number of hydrogen-bond acceptors (Lipinski definition) is 7. The van der Waals surface area contributed by atoms with Gasteiger partial charge in [-0.05, 0) is 24.3 Å². The van der Waals surface area contributed by atoms with E-state index in [2.05, 4.69) is 15.9 Å². The maximum absolute atomic E-state index is 12.2. The molecule has 12 heteroatoms. The van der Waals surface area contributed by atoms with E-state index in [1.807, 2.05) is 4.72 Å². The summed E-state index contributed by atoms with van der Waals surface area (Å²) in [5.74, 6) is -1.16. The summed E-state index contributed by atoms with van der Waals surface area (Å²) >= 11 is 3.14. The third-order valence-electron chi connectivity index (χ3n) is 2.84. The van der Waals surface area contributed by atoms with Crippen LogP contribution in [0.2, 0.25) is 0 Å². The molecular formula is C12H8BrN3O7S. The van der Waals surface area contributed by atoms with Crippen molar-refractivity contribution in [2.45, 2.75) is 4.90 Å². The minimum absolute atomic E-state index is 0.149. The molecule has 0 saturated heterocycles. The van der Waals surface area contributed by atoms with Crippen molar-refractivity contribution in [2.75, 3.05) is 4.72 Å². The summed E-state index contributed by atoms with van der Waals surface area (Å²) in [7, 11) is -4.13. The molecule has 0 spiro atoms. The van der Waals surface area contributed by atoms with E-state index in [4.69, 9.17) is 0 Å². The molecule has 2 N–H and O–H groups in total. The van der Waals surface area contributed by atoms with Gasteiger partial charge >= 0.3 is 11.4 Å². The third kappa shape index (κ3) is 3.60. The number of halogens is 1. The molecule has 0 radical (unpaired) electrons. The molecule has 0 aliphatic heterocycles. The van der Waals surface area contributed by atoms with E-state index in [1.165, 1.54) is 24.3 Å². The lowest BCUT2D eigenvalue weighted by Crippen LogP contribution is -2.13. The zero-order valence-corrected chi connectivity index (χ0v) is 13.9. The fourth-order valence-electron chi connectivity index (χ4n) is 1.77. The zero-order valence-electron chi connectivity index (χ0n) is 11.5. The number of nitro groups is 2. The third-order valence-corrected chi connectivity index (χ3v) is 4.77. The van der Waals surface area contributed by atoms with Gasteiger partial charge in [0.2, 0.25) is 0 Å². The van der Waals surface area contributed by atoms with Gasteiger partial charge in [-0.3, -0.25) is 25.0 Å². The minimum Gasteiger partial charge on any atom is -0.497 e. The first-order valence-corrected chi connectivity index (χ1v) is 8.33. The van der Waals surface area contributed by atoms with Crippen LogP contribution in [-0.2, 0) is 10.0 Å². The van der Waals surface area contributed by atoms with Crippen molar-refractivity contribution < 1.29 is 23.4 Å². The number of nitrogens with one attached hydrogen (secondary N) is 1. The van der Waals surface area contributed by atoms with E-state index in [0.717, 1.165) is 0 Å². The first-order chi connectivity index (χ1) is 11.1. The van der Waals surface area contributed by atoms with Crippen molar-refractivity contribution in [1.29, 1.82) is 0 Å². The molecule has 0 aromatic heterocycles. The van der Waals surface area contributed by atoms with Gasteiger partial charge in [0.05, 0.1) is 20.4 Å². The summed E-state index contributed by atoms with van der Waals surface area (Å²) in [5, 5.41) is 31.3. The number of nitro benzene ring substituents is 2. The molecule has 0 fully saturated rings. The number of hydrogen-bond donors (Lipinski definition) is 2. The van der Waals surface area contributed by atoms with E-state index in [1.54, 1.807) is 0 Å².